The van der Waals surface area contributed by atoms with Crippen LogP contribution in [0.25, 0.3) is 0 Å². The number of benzene rings is 1. The zero-order valence-electron chi connectivity index (χ0n) is 9.90. The molecule has 1 heterocycles. The van der Waals surface area contributed by atoms with E-state index < -0.39 is 0 Å². The number of fused-ring (bicyclic) bond motifs is 1. The van der Waals surface area contributed by atoms with Crippen molar-refractivity contribution in [2.24, 2.45) is 0 Å². The second kappa shape index (κ2) is 4.23. The molecule has 1 aromatic rings. The Balaban J connectivity index is 2.43. The molecule has 2 rings (SSSR count). The molecule has 2 nitrogen and oxygen atoms in total. The van der Waals surface area contributed by atoms with Crippen molar-refractivity contribution in [2.75, 3.05) is 32.6 Å². The molecule has 0 aliphatic carbocycles. The van der Waals surface area contributed by atoms with Crippen molar-refractivity contribution in [2.45, 2.75) is 18.9 Å². The first-order chi connectivity index (χ1) is 7.20. The summed E-state index contributed by atoms with van der Waals surface area (Å²) in [4.78, 5) is 4.71. The zero-order valence-corrected chi connectivity index (χ0v) is 9.90. The van der Waals surface area contributed by atoms with E-state index in [1.54, 1.807) is 0 Å². The second-order valence-electron chi connectivity index (χ2n) is 4.60. The number of para-hydroxylation sites is 1. The molecular weight excluding hydrogens is 184 g/mol. The highest BCUT2D eigenvalue weighted by Gasteiger charge is 2.21. The fourth-order valence-electron chi connectivity index (χ4n) is 2.45. The molecule has 0 spiro atoms. The van der Waals surface area contributed by atoms with Crippen LogP contribution >= 0.6 is 0 Å². The van der Waals surface area contributed by atoms with Crippen molar-refractivity contribution in [3.63, 3.8) is 0 Å². The van der Waals surface area contributed by atoms with Crippen LogP contribution in [0.4, 0.5) is 5.69 Å². The largest absolute Gasteiger partial charge is 0.374 e. The monoisotopic (exact) mass is 204 g/mol. The molecule has 0 saturated carbocycles. The minimum Gasteiger partial charge on any atom is -0.374 e. The van der Waals surface area contributed by atoms with Crippen LogP contribution in [0.15, 0.2) is 24.3 Å². The maximum Gasteiger partial charge on any atom is 0.0412 e. The average Bonchev–Trinajstić information content (AvgIpc) is 2.39. The van der Waals surface area contributed by atoms with Gasteiger partial charge in [-0.15, -0.1) is 0 Å². The number of anilines is 1. The first kappa shape index (κ1) is 10.5. The van der Waals surface area contributed by atoms with Crippen LogP contribution in [0, 0.1) is 0 Å². The van der Waals surface area contributed by atoms with Gasteiger partial charge in [-0.05, 0) is 38.6 Å². The third-order valence-electron chi connectivity index (χ3n) is 3.30. The van der Waals surface area contributed by atoms with Gasteiger partial charge in [-0.1, -0.05) is 18.2 Å². The fraction of sp³-hybridized carbons (Fsp3) is 0.538. The van der Waals surface area contributed by atoms with Crippen molar-refractivity contribution < 1.29 is 0 Å². The first-order valence-electron chi connectivity index (χ1n) is 5.66. The molecule has 2 heteroatoms. The summed E-state index contributed by atoms with van der Waals surface area (Å²) in [6.07, 6.45) is 2.53. The predicted octanol–water partition coefficient (Wildman–Crippen LogP) is 2.52. The molecule has 1 unspecified atom stereocenters. The highest BCUT2D eigenvalue weighted by Crippen LogP contribution is 2.34. The van der Waals surface area contributed by atoms with Crippen LogP contribution in [-0.4, -0.2) is 32.6 Å². The number of hydrogen-bond donors (Lipinski definition) is 0. The summed E-state index contributed by atoms with van der Waals surface area (Å²) in [5, 5.41) is 0. The summed E-state index contributed by atoms with van der Waals surface area (Å²) >= 11 is 0. The lowest BCUT2D eigenvalue weighted by molar-refractivity contribution is 0.284. The minimum atomic E-state index is 0.575. The summed E-state index contributed by atoms with van der Waals surface area (Å²) in [7, 11) is 6.54. The van der Waals surface area contributed by atoms with Crippen molar-refractivity contribution in [1.82, 2.24) is 4.90 Å². The third kappa shape index (κ3) is 2.00. The van der Waals surface area contributed by atoms with E-state index in [0.717, 1.165) is 0 Å². The smallest absolute Gasteiger partial charge is 0.0412 e. The number of nitrogens with zero attached hydrogens (tertiary/aromatic N) is 2. The maximum atomic E-state index is 2.37. The van der Waals surface area contributed by atoms with Crippen molar-refractivity contribution in [1.29, 1.82) is 0 Å². The Morgan fingerprint density at radius 2 is 2.00 bits per heavy atom. The molecule has 0 saturated heterocycles. The predicted molar refractivity (Wildman–Crippen MR) is 65.4 cm³/mol. The van der Waals surface area contributed by atoms with Gasteiger partial charge in [-0.25, -0.2) is 0 Å². The molecule has 0 bridgehead atoms. The number of hydrogen-bond acceptors (Lipinski definition) is 2. The van der Waals surface area contributed by atoms with Gasteiger partial charge in [0.05, 0.1) is 0 Å². The summed E-state index contributed by atoms with van der Waals surface area (Å²) in [5.74, 6) is 0. The molecular formula is C13H20N2. The van der Waals surface area contributed by atoms with Gasteiger partial charge in [0, 0.05) is 25.3 Å². The summed E-state index contributed by atoms with van der Waals surface area (Å²) < 4.78 is 0. The van der Waals surface area contributed by atoms with Crippen molar-refractivity contribution in [3.05, 3.63) is 29.8 Å². The van der Waals surface area contributed by atoms with Crippen molar-refractivity contribution in [3.8, 4) is 0 Å². The third-order valence-corrected chi connectivity index (χ3v) is 3.30. The summed E-state index contributed by atoms with van der Waals surface area (Å²) in [6.45, 7) is 1.17. The van der Waals surface area contributed by atoms with E-state index in [2.05, 4.69) is 55.2 Å². The topological polar surface area (TPSA) is 6.48 Å². The molecule has 1 atom stereocenters. The summed E-state index contributed by atoms with van der Waals surface area (Å²) in [5.41, 5.74) is 2.87. The van der Waals surface area contributed by atoms with Crippen molar-refractivity contribution >= 4 is 5.69 Å². The van der Waals surface area contributed by atoms with Gasteiger partial charge in [-0.2, -0.15) is 0 Å². The Labute approximate surface area is 92.5 Å². The Kier molecular flexibility index (Phi) is 2.96. The Bertz CT molecular complexity index is 333. The van der Waals surface area contributed by atoms with Gasteiger partial charge in [0.1, 0.15) is 0 Å². The van der Waals surface area contributed by atoms with Gasteiger partial charge < -0.3 is 9.80 Å². The molecule has 1 aliphatic heterocycles. The van der Waals surface area contributed by atoms with Gasteiger partial charge in [-0.3, -0.25) is 0 Å². The maximum absolute atomic E-state index is 2.37. The van der Waals surface area contributed by atoms with E-state index in [-0.39, 0.29) is 0 Å². The zero-order chi connectivity index (χ0) is 10.8. The van der Waals surface area contributed by atoms with Gasteiger partial charge in [0.2, 0.25) is 0 Å². The normalized spacial score (nSPS) is 21.3. The van der Waals surface area contributed by atoms with Gasteiger partial charge >= 0.3 is 0 Å². The first-order valence-corrected chi connectivity index (χ1v) is 5.66. The Morgan fingerprint density at radius 3 is 2.73 bits per heavy atom. The lowest BCUT2D eigenvalue weighted by atomic mass is 10.0. The molecule has 1 aliphatic rings. The van der Waals surface area contributed by atoms with E-state index in [9.17, 15) is 0 Å². The standard InChI is InChI=1S/C13H20N2/c1-14(2)12-9-6-10-15(3)13-8-5-4-7-11(12)13/h4-5,7-8,12H,6,9-10H2,1-3H3. The molecule has 0 N–H and O–H groups in total. The quantitative estimate of drug-likeness (QED) is 0.693. The second-order valence-corrected chi connectivity index (χ2v) is 4.60. The van der Waals surface area contributed by atoms with Crippen LogP contribution in [0.1, 0.15) is 24.4 Å². The van der Waals surface area contributed by atoms with E-state index in [1.807, 2.05) is 0 Å². The van der Waals surface area contributed by atoms with Crippen LogP contribution in [0.3, 0.4) is 0 Å². The van der Waals surface area contributed by atoms with Crippen LogP contribution < -0.4 is 4.90 Å². The molecule has 0 aromatic heterocycles. The summed E-state index contributed by atoms with van der Waals surface area (Å²) in [6, 6.07) is 9.35. The fourth-order valence-corrected chi connectivity index (χ4v) is 2.45. The molecule has 0 radical (unpaired) electrons. The van der Waals surface area contributed by atoms with E-state index in [1.165, 1.54) is 30.6 Å². The SMILES string of the molecule is CN1CCCC(N(C)C)c2ccccc21. The van der Waals surface area contributed by atoms with Crippen LogP contribution in [0.2, 0.25) is 0 Å². The van der Waals surface area contributed by atoms with Gasteiger partial charge in [0.25, 0.3) is 0 Å². The molecule has 1 aromatic carbocycles. The number of rotatable bonds is 1. The highest BCUT2D eigenvalue weighted by molar-refractivity contribution is 5.55. The molecule has 15 heavy (non-hydrogen) atoms. The Morgan fingerprint density at radius 1 is 1.27 bits per heavy atom. The molecule has 0 amide bonds. The van der Waals surface area contributed by atoms with Crippen LogP contribution in [-0.2, 0) is 0 Å². The van der Waals surface area contributed by atoms with E-state index in [0.29, 0.717) is 6.04 Å². The Hall–Kier alpha value is -1.02. The molecule has 82 valence electrons. The van der Waals surface area contributed by atoms with E-state index >= 15 is 0 Å². The average molecular weight is 204 g/mol. The highest BCUT2D eigenvalue weighted by atomic mass is 15.1. The minimum absolute atomic E-state index is 0.575. The van der Waals surface area contributed by atoms with E-state index in [4.69, 9.17) is 0 Å². The van der Waals surface area contributed by atoms with Crippen LogP contribution in [0.5, 0.6) is 0 Å². The molecule has 0 fully saturated rings. The van der Waals surface area contributed by atoms with Gasteiger partial charge in [0.15, 0.2) is 0 Å². The lowest BCUT2D eigenvalue weighted by Gasteiger charge is -2.25. The lowest BCUT2D eigenvalue weighted by Crippen LogP contribution is -2.20.